The van der Waals surface area contributed by atoms with Gasteiger partial charge in [0.25, 0.3) is 5.91 Å². The van der Waals surface area contributed by atoms with Gasteiger partial charge < -0.3 is 10.3 Å². The van der Waals surface area contributed by atoms with Crippen molar-refractivity contribution in [3.8, 4) is 6.07 Å². The first-order valence-electron chi connectivity index (χ1n) is 6.23. The number of carbonyl (C=O) groups excluding carboxylic acids is 1. The van der Waals surface area contributed by atoms with E-state index in [-0.39, 0.29) is 11.5 Å². The average molecular weight is 266 g/mol. The van der Waals surface area contributed by atoms with Crippen LogP contribution < -0.4 is 5.32 Å². The summed E-state index contributed by atoms with van der Waals surface area (Å²) in [7, 11) is 0. The van der Waals surface area contributed by atoms with Crippen molar-refractivity contribution in [1.82, 2.24) is 15.3 Å². The lowest BCUT2D eigenvalue weighted by Crippen LogP contribution is -2.26. The van der Waals surface area contributed by atoms with Crippen LogP contribution >= 0.6 is 0 Å². The van der Waals surface area contributed by atoms with Crippen LogP contribution in [0.1, 0.15) is 11.4 Å². The second-order valence-corrected chi connectivity index (χ2v) is 4.12. The number of pyridine rings is 1. The van der Waals surface area contributed by atoms with E-state index < -0.39 is 0 Å². The summed E-state index contributed by atoms with van der Waals surface area (Å²) >= 11 is 0. The fraction of sp³-hybridized carbons (Fsp3) is 0.133. The smallest absolute Gasteiger partial charge is 0.262 e. The molecule has 0 fully saturated rings. The van der Waals surface area contributed by atoms with Gasteiger partial charge in [0.2, 0.25) is 0 Å². The monoisotopic (exact) mass is 266 g/mol. The molecule has 100 valence electrons. The molecule has 0 radical (unpaired) electrons. The van der Waals surface area contributed by atoms with Crippen molar-refractivity contribution < 1.29 is 4.79 Å². The van der Waals surface area contributed by atoms with Crippen LogP contribution in [0.2, 0.25) is 0 Å². The number of hydrogen-bond donors (Lipinski definition) is 2. The number of amides is 1. The summed E-state index contributed by atoms with van der Waals surface area (Å²) in [6.45, 7) is 0.444. The number of aromatic amines is 1. The minimum absolute atomic E-state index is 0.0773. The summed E-state index contributed by atoms with van der Waals surface area (Å²) in [4.78, 5) is 18.9. The van der Waals surface area contributed by atoms with E-state index in [4.69, 9.17) is 5.26 Å². The van der Waals surface area contributed by atoms with Crippen molar-refractivity contribution in [2.24, 2.45) is 0 Å². The Bertz CT molecular complexity index is 624. The maximum absolute atomic E-state index is 11.9. The Morgan fingerprint density at radius 3 is 2.95 bits per heavy atom. The number of rotatable bonds is 5. The van der Waals surface area contributed by atoms with Crippen molar-refractivity contribution in [2.75, 3.05) is 6.54 Å². The molecule has 0 bridgehead atoms. The first-order valence-corrected chi connectivity index (χ1v) is 6.23. The van der Waals surface area contributed by atoms with Crippen molar-refractivity contribution in [1.29, 1.82) is 5.26 Å². The summed E-state index contributed by atoms with van der Waals surface area (Å²) in [6.07, 6.45) is 5.60. The van der Waals surface area contributed by atoms with Crippen LogP contribution in [-0.2, 0) is 11.2 Å². The van der Waals surface area contributed by atoms with E-state index in [1.807, 2.05) is 24.3 Å². The molecule has 0 spiro atoms. The maximum atomic E-state index is 11.9. The molecule has 20 heavy (non-hydrogen) atoms. The van der Waals surface area contributed by atoms with E-state index >= 15 is 0 Å². The highest BCUT2D eigenvalue weighted by atomic mass is 16.1. The van der Waals surface area contributed by atoms with Crippen molar-refractivity contribution in [2.45, 2.75) is 6.42 Å². The quantitative estimate of drug-likeness (QED) is 0.638. The molecular weight excluding hydrogens is 252 g/mol. The Kier molecular flexibility index (Phi) is 4.68. The van der Waals surface area contributed by atoms with Gasteiger partial charge in [-0.15, -0.1) is 0 Å². The predicted octanol–water partition coefficient (Wildman–Crippen LogP) is 1.68. The normalized spacial score (nSPS) is 10.8. The highest BCUT2D eigenvalue weighted by Crippen LogP contribution is 2.03. The highest BCUT2D eigenvalue weighted by molar-refractivity contribution is 6.01. The second kappa shape index (κ2) is 6.90. The molecular formula is C15H14N4O. The van der Waals surface area contributed by atoms with Crippen LogP contribution in [0.15, 0.2) is 48.3 Å². The molecule has 0 saturated heterocycles. The Morgan fingerprint density at radius 1 is 1.40 bits per heavy atom. The Hall–Kier alpha value is -2.87. The van der Waals surface area contributed by atoms with Crippen LogP contribution in [0.25, 0.3) is 6.08 Å². The SMILES string of the molecule is N#C/C(=C/c1ccc[nH]1)C(=O)NCCc1ccccn1. The lowest BCUT2D eigenvalue weighted by Gasteiger charge is -2.03. The van der Waals surface area contributed by atoms with E-state index in [0.29, 0.717) is 13.0 Å². The van der Waals surface area contributed by atoms with Crippen LogP contribution in [0.3, 0.4) is 0 Å². The van der Waals surface area contributed by atoms with E-state index in [9.17, 15) is 4.79 Å². The van der Waals surface area contributed by atoms with Gasteiger partial charge in [-0.25, -0.2) is 0 Å². The fourth-order valence-corrected chi connectivity index (χ4v) is 1.68. The number of nitriles is 1. The summed E-state index contributed by atoms with van der Waals surface area (Å²) in [5.74, 6) is -0.377. The van der Waals surface area contributed by atoms with E-state index in [1.165, 1.54) is 6.08 Å². The van der Waals surface area contributed by atoms with Crippen LogP contribution in [0.4, 0.5) is 0 Å². The third kappa shape index (κ3) is 3.82. The molecule has 2 aromatic heterocycles. The molecule has 5 heteroatoms. The molecule has 0 saturated carbocycles. The molecule has 2 aromatic rings. The fourth-order valence-electron chi connectivity index (χ4n) is 1.68. The van der Waals surface area contributed by atoms with E-state index in [0.717, 1.165) is 11.4 Å². The van der Waals surface area contributed by atoms with Crippen molar-refractivity contribution in [3.63, 3.8) is 0 Å². The minimum atomic E-state index is -0.377. The predicted molar refractivity (Wildman–Crippen MR) is 75.3 cm³/mol. The molecule has 0 aliphatic heterocycles. The maximum Gasteiger partial charge on any atom is 0.262 e. The molecule has 0 aliphatic carbocycles. The average Bonchev–Trinajstić information content (AvgIpc) is 2.98. The van der Waals surface area contributed by atoms with Gasteiger partial charge in [0.1, 0.15) is 11.6 Å². The van der Waals surface area contributed by atoms with Crippen LogP contribution in [0, 0.1) is 11.3 Å². The third-order valence-electron chi connectivity index (χ3n) is 2.68. The lowest BCUT2D eigenvalue weighted by molar-refractivity contribution is -0.117. The van der Waals surface area contributed by atoms with Gasteiger partial charge >= 0.3 is 0 Å². The Morgan fingerprint density at radius 2 is 2.30 bits per heavy atom. The van der Waals surface area contributed by atoms with E-state index in [2.05, 4.69) is 15.3 Å². The van der Waals surface area contributed by atoms with Crippen molar-refractivity contribution >= 4 is 12.0 Å². The summed E-state index contributed by atoms with van der Waals surface area (Å²) in [6, 6.07) is 11.1. The van der Waals surface area contributed by atoms with Crippen LogP contribution in [0.5, 0.6) is 0 Å². The molecule has 0 aliphatic rings. The molecule has 0 unspecified atom stereocenters. The lowest BCUT2D eigenvalue weighted by atomic mass is 10.2. The van der Waals surface area contributed by atoms with Gasteiger partial charge in [-0.3, -0.25) is 9.78 Å². The van der Waals surface area contributed by atoms with Crippen LogP contribution in [-0.4, -0.2) is 22.4 Å². The first kappa shape index (κ1) is 13.6. The number of carbonyl (C=O) groups is 1. The Labute approximate surface area is 117 Å². The molecule has 2 rings (SSSR count). The standard InChI is InChI=1S/C15H14N4O/c16-11-12(10-14-5-3-8-18-14)15(20)19-9-6-13-4-1-2-7-17-13/h1-5,7-8,10,18H,6,9H2,(H,19,20)/b12-10-. The van der Waals surface area contributed by atoms with Gasteiger partial charge in [0.15, 0.2) is 0 Å². The van der Waals surface area contributed by atoms with Gasteiger partial charge in [0.05, 0.1) is 0 Å². The Balaban J connectivity index is 1.89. The molecule has 2 N–H and O–H groups in total. The highest BCUT2D eigenvalue weighted by Gasteiger charge is 2.08. The largest absolute Gasteiger partial charge is 0.362 e. The summed E-state index contributed by atoms with van der Waals surface area (Å²) in [5.41, 5.74) is 1.70. The number of hydrogen-bond acceptors (Lipinski definition) is 3. The zero-order valence-electron chi connectivity index (χ0n) is 10.8. The number of nitrogens with zero attached hydrogens (tertiary/aromatic N) is 2. The topological polar surface area (TPSA) is 81.6 Å². The van der Waals surface area contributed by atoms with Gasteiger partial charge in [-0.05, 0) is 30.3 Å². The number of H-pyrrole nitrogens is 1. The number of aromatic nitrogens is 2. The molecule has 2 heterocycles. The van der Waals surface area contributed by atoms with Gasteiger partial charge in [0, 0.05) is 36.7 Å². The first-order chi connectivity index (χ1) is 9.79. The molecule has 0 aromatic carbocycles. The zero-order valence-corrected chi connectivity index (χ0v) is 10.8. The summed E-state index contributed by atoms with van der Waals surface area (Å²) < 4.78 is 0. The van der Waals surface area contributed by atoms with Crippen molar-refractivity contribution in [3.05, 3.63) is 59.7 Å². The number of nitrogens with one attached hydrogen (secondary N) is 2. The van der Waals surface area contributed by atoms with E-state index in [1.54, 1.807) is 24.5 Å². The minimum Gasteiger partial charge on any atom is -0.362 e. The second-order valence-electron chi connectivity index (χ2n) is 4.12. The third-order valence-corrected chi connectivity index (χ3v) is 2.68. The zero-order chi connectivity index (χ0) is 14.2. The van der Waals surface area contributed by atoms with Gasteiger partial charge in [-0.1, -0.05) is 6.07 Å². The summed E-state index contributed by atoms with van der Waals surface area (Å²) in [5, 5.41) is 11.7. The van der Waals surface area contributed by atoms with Gasteiger partial charge in [-0.2, -0.15) is 5.26 Å². The molecule has 5 nitrogen and oxygen atoms in total. The molecule has 1 amide bonds. The molecule has 0 atom stereocenters.